The summed E-state index contributed by atoms with van der Waals surface area (Å²) in [6.07, 6.45) is -1.25. The number of amides is 5. The maximum atomic E-state index is 13.5. The average Bonchev–Trinajstić information content (AvgIpc) is 3.96. The molecule has 10 N–H and O–H groups in total. The molecule has 0 saturated carbocycles. The first kappa shape index (κ1) is 58.6. The Hall–Kier alpha value is -5.48. The number of ketones is 5. The van der Waals surface area contributed by atoms with Crippen molar-refractivity contribution in [3.05, 3.63) is 0 Å². The molecule has 2 saturated heterocycles. The van der Waals surface area contributed by atoms with Crippen LogP contribution in [0.4, 0.5) is 0 Å². The van der Waals surface area contributed by atoms with Crippen molar-refractivity contribution >= 4 is 70.4 Å². The molecular weight excluding hydrogens is 891 g/mol. The van der Waals surface area contributed by atoms with Crippen LogP contribution in [-0.4, -0.2) is 149 Å². The van der Waals surface area contributed by atoms with Crippen molar-refractivity contribution in [2.45, 2.75) is 160 Å². The van der Waals surface area contributed by atoms with Crippen LogP contribution in [0.25, 0.3) is 0 Å². The Bertz CT molecular complexity index is 1820. The molecule has 2 aliphatic heterocycles. The van der Waals surface area contributed by atoms with Gasteiger partial charge in [0.1, 0.15) is 5.78 Å². The number of ether oxygens (including phenoxy) is 1. The molecule has 0 aromatic rings. The number of esters is 1. The van der Waals surface area contributed by atoms with Crippen molar-refractivity contribution in [2.24, 2.45) is 35.1 Å². The second kappa shape index (κ2) is 30.1. The monoisotopic (exact) mass is 964 g/mol. The van der Waals surface area contributed by atoms with Gasteiger partial charge in [0.25, 0.3) is 0 Å². The number of nitrogens with two attached hydrogens (primary N) is 2. The SMILES string of the molecule is COC(=O)C[C@H](CC(=O)[C@H](CCC(N)=O)NC(=O)CCC(=O)[C@@H]1C[C@@H](O)CN1)C(=O)NCC(=O)C[C@@H](CC(C)C)C(=O)N[C@@H](C)C(=O)CCC(=O)N1CCC[C@H]1C(=O)C[C@@H](CCCCN)C(=O)O. The van der Waals surface area contributed by atoms with E-state index in [2.05, 4.69) is 21.3 Å². The van der Waals surface area contributed by atoms with Gasteiger partial charge in [-0.2, -0.15) is 0 Å². The molecule has 22 heteroatoms. The molecule has 8 atom stereocenters. The van der Waals surface area contributed by atoms with Crippen molar-refractivity contribution < 1.29 is 72.5 Å². The van der Waals surface area contributed by atoms with Crippen LogP contribution in [0.3, 0.4) is 0 Å². The lowest BCUT2D eigenvalue weighted by molar-refractivity contribution is -0.145. The number of hydrogen-bond acceptors (Lipinski definition) is 16. The van der Waals surface area contributed by atoms with E-state index in [-0.39, 0.29) is 101 Å². The largest absolute Gasteiger partial charge is 0.481 e. The number of rotatable bonds is 34. The van der Waals surface area contributed by atoms with Gasteiger partial charge in [-0.25, -0.2) is 0 Å². The molecular formula is C46H73N7O15. The molecule has 0 aromatic heterocycles. The maximum absolute atomic E-state index is 13.5. The molecule has 0 bridgehead atoms. The number of methoxy groups -OCH3 is 1. The predicted molar refractivity (Wildman–Crippen MR) is 243 cm³/mol. The van der Waals surface area contributed by atoms with Crippen LogP contribution in [0, 0.1) is 23.7 Å². The predicted octanol–water partition coefficient (Wildman–Crippen LogP) is -0.681. The Morgan fingerprint density at radius 1 is 0.779 bits per heavy atom. The van der Waals surface area contributed by atoms with Crippen LogP contribution >= 0.6 is 0 Å². The summed E-state index contributed by atoms with van der Waals surface area (Å²) in [5, 5.41) is 29.7. The third-order valence-electron chi connectivity index (χ3n) is 12.2. The van der Waals surface area contributed by atoms with Gasteiger partial charge in [-0.3, -0.25) is 57.5 Å². The minimum Gasteiger partial charge on any atom is -0.481 e. The number of aliphatic hydroxyl groups excluding tert-OH is 1. The lowest BCUT2D eigenvalue weighted by atomic mass is 9.90. The number of primary amides is 1. The summed E-state index contributed by atoms with van der Waals surface area (Å²) in [6.45, 7) is 5.40. The first-order valence-electron chi connectivity index (χ1n) is 23.5. The van der Waals surface area contributed by atoms with Gasteiger partial charge < -0.3 is 52.6 Å². The topological polar surface area (TPSA) is 358 Å². The van der Waals surface area contributed by atoms with Gasteiger partial charge in [0.15, 0.2) is 23.1 Å². The van der Waals surface area contributed by atoms with Crippen LogP contribution in [0.1, 0.15) is 130 Å². The van der Waals surface area contributed by atoms with E-state index >= 15 is 0 Å². The minimum absolute atomic E-state index is 0.0816. The maximum Gasteiger partial charge on any atom is 0.306 e. The molecule has 0 aromatic carbocycles. The fourth-order valence-electron chi connectivity index (χ4n) is 8.33. The van der Waals surface area contributed by atoms with E-state index in [9.17, 15) is 67.7 Å². The minimum atomic E-state index is -1.39. The van der Waals surface area contributed by atoms with Crippen LogP contribution in [0.2, 0.25) is 0 Å². The van der Waals surface area contributed by atoms with E-state index in [1.54, 1.807) is 0 Å². The van der Waals surface area contributed by atoms with Crippen molar-refractivity contribution in [2.75, 3.05) is 33.3 Å². The highest BCUT2D eigenvalue weighted by atomic mass is 16.5. The van der Waals surface area contributed by atoms with Crippen molar-refractivity contribution in [3.63, 3.8) is 0 Å². The quantitative estimate of drug-likeness (QED) is 0.0292. The molecule has 0 spiro atoms. The average molecular weight is 964 g/mol. The summed E-state index contributed by atoms with van der Waals surface area (Å²) in [4.78, 5) is 156. The smallest absolute Gasteiger partial charge is 0.306 e. The highest BCUT2D eigenvalue weighted by Crippen LogP contribution is 2.25. The Morgan fingerprint density at radius 3 is 2.09 bits per heavy atom. The van der Waals surface area contributed by atoms with E-state index in [0.717, 1.165) is 7.11 Å². The molecule has 0 aliphatic carbocycles. The Kier molecular flexibility index (Phi) is 26.0. The molecule has 382 valence electrons. The van der Waals surface area contributed by atoms with E-state index in [4.69, 9.17) is 16.2 Å². The first-order chi connectivity index (χ1) is 32.1. The number of hydrogen-bond donors (Lipinski definition) is 8. The number of aliphatic hydroxyl groups is 1. The third-order valence-corrected chi connectivity index (χ3v) is 12.2. The summed E-state index contributed by atoms with van der Waals surface area (Å²) in [6, 6.07) is -3.79. The van der Waals surface area contributed by atoms with E-state index < -0.39 is 126 Å². The van der Waals surface area contributed by atoms with Crippen LogP contribution in [-0.2, 0) is 62.3 Å². The fraction of sp³-hybridized carbons (Fsp3) is 0.739. The molecule has 5 amide bonds. The summed E-state index contributed by atoms with van der Waals surface area (Å²) < 4.78 is 4.70. The highest BCUT2D eigenvalue weighted by molar-refractivity contribution is 5.98. The van der Waals surface area contributed by atoms with E-state index in [1.165, 1.54) is 11.8 Å². The number of carbonyl (C=O) groups excluding carboxylic acids is 11. The molecule has 2 fully saturated rings. The van der Waals surface area contributed by atoms with Crippen LogP contribution in [0.5, 0.6) is 0 Å². The number of nitrogens with one attached hydrogen (secondary N) is 4. The van der Waals surface area contributed by atoms with Crippen molar-refractivity contribution in [3.8, 4) is 0 Å². The van der Waals surface area contributed by atoms with Gasteiger partial charge in [0.05, 0.1) is 62.2 Å². The zero-order valence-electron chi connectivity index (χ0n) is 39.8. The lowest BCUT2D eigenvalue weighted by Crippen LogP contribution is -2.45. The number of carboxylic acid groups (broad SMARTS) is 1. The third kappa shape index (κ3) is 21.2. The number of unbranched alkanes of at least 4 members (excludes halogenated alkanes) is 1. The van der Waals surface area contributed by atoms with Gasteiger partial charge in [0.2, 0.25) is 29.5 Å². The molecule has 22 nitrogen and oxygen atoms in total. The fourth-order valence-corrected chi connectivity index (χ4v) is 8.33. The zero-order valence-corrected chi connectivity index (χ0v) is 39.8. The van der Waals surface area contributed by atoms with Gasteiger partial charge in [-0.15, -0.1) is 0 Å². The second-order valence-electron chi connectivity index (χ2n) is 18.3. The van der Waals surface area contributed by atoms with Crippen molar-refractivity contribution in [1.29, 1.82) is 0 Å². The molecule has 68 heavy (non-hydrogen) atoms. The second-order valence-corrected chi connectivity index (χ2v) is 18.3. The van der Waals surface area contributed by atoms with Gasteiger partial charge in [-0.1, -0.05) is 20.3 Å². The Labute approximate surface area is 396 Å². The summed E-state index contributed by atoms with van der Waals surface area (Å²) >= 11 is 0. The summed E-state index contributed by atoms with van der Waals surface area (Å²) in [5.74, 6) is -11.1. The first-order valence-corrected chi connectivity index (χ1v) is 23.5. The highest BCUT2D eigenvalue weighted by Gasteiger charge is 2.37. The van der Waals surface area contributed by atoms with Gasteiger partial charge in [-0.05, 0) is 64.3 Å². The van der Waals surface area contributed by atoms with Gasteiger partial charge in [0, 0.05) is 70.4 Å². The summed E-state index contributed by atoms with van der Waals surface area (Å²) in [5.41, 5.74) is 10.8. The standard InChI is InChI=1S/C46H73N7O15/c1-26(2)18-29(45(65)51-27(3)36(56)12-15-42(62)53-17-7-9-35(53)39(59)20-28(46(66)67)8-5-6-16-47)19-31(54)25-50-44(64)30(22-43(63)68-4)21-38(58)33(10-13-40(48)60)52-41(61)14-11-37(57)34-23-32(55)24-49-34/h26-30,32-35,49,55H,5-25,47H2,1-4H3,(H2,48,60)(H,50,64)(H,51,65)(H,52,61)(H,66,67)/t27-,28+,29+,30-,32+,33-,34-,35-/m0/s1. The number of β-amino-alcohol motifs (C(OH)–C–C–N with tert-alkyl or cyclic N) is 1. The lowest BCUT2D eigenvalue weighted by Gasteiger charge is -2.25. The Morgan fingerprint density at radius 2 is 1.49 bits per heavy atom. The molecule has 0 radical (unpaired) electrons. The molecule has 2 heterocycles. The number of nitrogens with zero attached hydrogens (tertiary/aromatic N) is 1. The molecule has 2 aliphatic rings. The number of Topliss-reactive ketones (excluding diaryl/α,β-unsaturated/α-hetero) is 5. The molecule has 0 unspecified atom stereocenters. The number of likely N-dealkylation sites (tertiary alicyclic amines) is 1. The van der Waals surface area contributed by atoms with Crippen LogP contribution in [0.15, 0.2) is 0 Å². The number of aliphatic carboxylic acids is 1. The molecule has 2 rings (SSSR count). The van der Waals surface area contributed by atoms with Crippen LogP contribution < -0.4 is 32.7 Å². The van der Waals surface area contributed by atoms with Gasteiger partial charge >= 0.3 is 11.9 Å². The van der Waals surface area contributed by atoms with Crippen molar-refractivity contribution in [1.82, 2.24) is 26.2 Å². The summed E-state index contributed by atoms with van der Waals surface area (Å²) in [7, 11) is 1.07. The van der Waals surface area contributed by atoms with E-state index in [1.807, 2.05) is 13.8 Å². The van der Waals surface area contributed by atoms with E-state index in [0.29, 0.717) is 32.2 Å². The zero-order chi connectivity index (χ0) is 51.1. The number of carboxylic acids is 1. The number of carbonyl (C=O) groups is 12. The Balaban J connectivity index is 2.00. The normalized spacial score (nSPS) is 18.9.